The van der Waals surface area contributed by atoms with Crippen molar-refractivity contribution in [1.29, 1.82) is 0 Å². The summed E-state index contributed by atoms with van der Waals surface area (Å²) in [6.45, 7) is 10.6. The molecule has 26 heavy (non-hydrogen) atoms. The number of halogens is 1. The third kappa shape index (κ3) is 3.96. The molecule has 1 aliphatic heterocycles. The molecule has 1 heterocycles. The molecule has 1 amide bonds. The van der Waals surface area contributed by atoms with Crippen molar-refractivity contribution in [2.24, 2.45) is 0 Å². The van der Waals surface area contributed by atoms with E-state index in [0.29, 0.717) is 13.1 Å². The van der Waals surface area contributed by atoms with Gasteiger partial charge in [-0.3, -0.25) is 9.69 Å². The lowest BCUT2D eigenvalue weighted by molar-refractivity contribution is -0.125. The Morgan fingerprint density at radius 1 is 1.00 bits per heavy atom. The lowest BCUT2D eigenvalue weighted by Gasteiger charge is -2.39. The summed E-state index contributed by atoms with van der Waals surface area (Å²) >= 11 is 0. The first-order valence-electron chi connectivity index (χ1n) is 9.16. The van der Waals surface area contributed by atoms with Gasteiger partial charge in [0, 0.05) is 25.3 Å². The Kier molecular flexibility index (Phi) is 5.15. The monoisotopic (exact) mass is 354 g/mol. The number of benzene rings is 2. The van der Waals surface area contributed by atoms with Crippen molar-refractivity contribution < 1.29 is 9.18 Å². The zero-order valence-electron chi connectivity index (χ0n) is 16.0. The normalized spacial score (nSPS) is 19.0. The molecule has 0 radical (unpaired) electrons. The second-order valence-corrected chi connectivity index (χ2v) is 8.06. The number of rotatable bonds is 3. The molecular weight excluding hydrogens is 327 g/mol. The topological polar surface area (TPSA) is 23.6 Å². The first-order valence-corrected chi connectivity index (χ1v) is 9.16. The summed E-state index contributed by atoms with van der Waals surface area (Å²) in [5.41, 5.74) is 3.34. The van der Waals surface area contributed by atoms with E-state index in [4.69, 9.17) is 0 Å². The molecule has 1 fully saturated rings. The Morgan fingerprint density at radius 2 is 1.62 bits per heavy atom. The van der Waals surface area contributed by atoms with E-state index in [-0.39, 0.29) is 23.2 Å². The predicted molar refractivity (Wildman–Crippen MR) is 104 cm³/mol. The lowest BCUT2D eigenvalue weighted by Crippen LogP contribution is -2.55. The van der Waals surface area contributed by atoms with Gasteiger partial charge in [0.1, 0.15) is 5.82 Å². The number of amides is 1. The van der Waals surface area contributed by atoms with Gasteiger partial charge in [-0.05, 0) is 47.7 Å². The van der Waals surface area contributed by atoms with Crippen molar-refractivity contribution in [3.8, 4) is 0 Å². The lowest BCUT2D eigenvalue weighted by atomic mass is 9.87. The number of carbonyl (C=O) groups is 1. The van der Waals surface area contributed by atoms with Gasteiger partial charge in [0.15, 0.2) is 0 Å². The van der Waals surface area contributed by atoms with Crippen LogP contribution in [-0.2, 0) is 16.8 Å². The third-order valence-corrected chi connectivity index (χ3v) is 5.13. The van der Waals surface area contributed by atoms with Crippen molar-refractivity contribution in [2.75, 3.05) is 18.0 Å². The van der Waals surface area contributed by atoms with Gasteiger partial charge in [0.25, 0.3) is 0 Å². The maximum atomic E-state index is 13.1. The zero-order valence-corrected chi connectivity index (χ0v) is 16.0. The average molecular weight is 354 g/mol. The fourth-order valence-corrected chi connectivity index (χ4v) is 3.35. The molecule has 0 bridgehead atoms. The van der Waals surface area contributed by atoms with E-state index in [1.807, 2.05) is 24.0 Å². The highest BCUT2D eigenvalue weighted by atomic mass is 19.1. The predicted octanol–water partition coefficient (Wildman–Crippen LogP) is 4.36. The van der Waals surface area contributed by atoms with Crippen molar-refractivity contribution >= 4 is 11.6 Å². The van der Waals surface area contributed by atoms with Crippen molar-refractivity contribution in [1.82, 2.24) is 4.90 Å². The highest BCUT2D eigenvalue weighted by molar-refractivity contribution is 5.97. The Bertz CT molecular complexity index is 762. The van der Waals surface area contributed by atoms with Crippen LogP contribution in [0.4, 0.5) is 10.1 Å². The Balaban J connectivity index is 1.70. The molecule has 2 aromatic carbocycles. The summed E-state index contributed by atoms with van der Waals surface area (Å²) in [5.74, 6) is -0.122. The van der Waals surface area contributed by atoms with E-state index in [1.165, 1.54) is 17.7 Å². The van der Waals surface area contributed by atoms with Crippen LogP contribution >= 0.6 is 0 Å². The molecule has 1 atom stereocenters. The molecule has 138 valence electrons. The highest BCUT2D eigenvalue weighted by Gasteiger charge is 2.32. The molecule has 0 spiro atoms. The van der Waals surface area contributed by atoms with Crippen molar-refractivity contribution in [3.63, 3.8) is 0 Å². The standard InChI is InChI=1S/C22H27FN2O/c1-16-21(26)25(20-11-7-18(8-12-20)22(2,3)4)14-13-24(16)15-17-5-9-19(23)10-6-17/h5-12,16H,13-15H2,1-4H3. The molecule has 0 aromatic heterocycles. The molecule has 3 nitrogen and oxygen atoms in total. The quantitative estimate of drug-likeness (QED) is 0.818. The largest absolute Gasteiger partial charge is 0.310 e. The first kappa shape index (κ1) is 18.6. The fourth-order valence-electron chi connectivity index (χ4n) is 3.35. The maximum absolute atomic E-state index is 13.1. The number of hydrogen-bond acceptors (Lipinski definition) is 2. The van der Waals surface area contributed by atoms with Gasteiger partial charge >= 0.3 is 0 Å². The molecule has 0 N–H and O–H groups in total. The number of nitrogens with zero attached hydrogens (tertiary/aromatic N) is 2. The third-order valence-electron chi connectivity index (χ3n) is 5.13. The van der Waals surface area contributed by atoms with Gasteiger partial charge in [-0.2, -0.15) is 0 Å². The van der Waals surface area contributed by atoms with E-state index < -0.39 is 0 Å². The Labute approximate surface area is 155 Å². The van der Waals surface area contributed by atoms with E-state index in [2.05, 4.69) is 37.8 Å². The minimum Gasteiger partial charge on any atom is -0.310 e. The van der Waals surface area contributed by atoms with E-state index >= 15 is 0 Å². The average Bonchev–Trinajstić information content (AvgIpc) is 2.60. The maximum Gasteiger partial charge on any atom is 0.244 e. The van der Waals surface area contributed by atoms with Gasteiger partial charge in [-0.15, -0.1) is 0 Å². The molecule has 4 heteroatoms. The summed E-state index contributed by atoms with van der Waals surface area (Å²) in [6, 6.07) is 14.6. The van der Waals surface area contributed by atoms with E-state index in [1.54, 1.807) is 12.1 Å². The molecular formula is C22H27FN2O. The summed E-state index contributed by atoms with van der Waals surface area (Å²) in [7, 11) is 0. The smallest absolute Gasteiger partial charge is 0.244 e. The summed E-state index contributed by atoms with van der Waals surface area (Å²) < 4.78 is 13.1. The van der Waals surface area contributed by atoms with Crippen molar-refractivity contribution in [3.05, 3.63) is 65.5 Å². The van der Waals surface area contributed by atoms with Gasteiger partial charge < -0.3 is 4.90 Å². The first-order chi connectivity index (χ1) is 12.3. The van der Waals surface area contributed by atoms with Crippen LogP contribution in [0.15, 0.2) is 48.5 Å². The molecule has 3 rings (SSSR count). The molecule has 0 saturated carbocycles. The molecule has 2 aromatic rings. The molecule has 0 aliphatic carbocycles. The number of hydrogen-bond donors (Lipinski definition) is 0. The van der Waals surface area contributed by atoms with Gasteiger partial charge in [-0.25, -0.2) is 4.39 Å². The highest BCUT2D eigenvalue weighted by Crippen LogP contribution is 2.27. The SMILES string of the molecule is CC1C(=O)N(c2ccc(C(C)(C)C)cc2)CCN1Cc1ccc(F)cc1. The van der Waals surface area contributed by atoms with Gasteiger partial charge in [0.05, 0.1) is 6.04 Å². The summed E-state index contributed by atoms with van der Waals surface area (Å²) in [5, 5.41) is 0. The van der Waals surface area contributed by atoms with Crippen LogP contribution in [0, 0.1) is 5.82 Å². The summed E-state index contributed by atoms with van der Waals surface area (Å²) in [4.78, 5) is 16.9. The molecule has 1 unspecified atom stereocenters. The van der Waals surface area contributed by atoms with E-state index in [0.717, 1.165) is 17.8 Å². The number of piperazine rings is 1. The zero-order chi connectivity index (χ0) is 18.9. The molecule has 1 saturated heterocycles. The van der Waals surface area contributed by atoms with E-state index in [9.17, 15) is 9.18 Å². The minimum atomic E-state index is -0.235. The van der Waals surface area contributed by atoms with Crippen LogP contribution in [0.3, 0.4) is 0 Å². The Morgan fingerprint density at radius 3 is 2.19 bits per heavy atom. The Hall–Kier alpha value is -2.20. The summed E-state index contributed by atoms with van der Waals surface area (Å²) in [6.07, 6.45) is 0. The van der Waals surface area contributed by atoms with Crippen LogP contribution in [0.5, 0.6) is 0 Å². The fraction of sp³-hybridized carbons (Fsp3) is 0.409. The minimum absolute atomic E-state index is 0.101. The molecule has 1 aliphatic rings. The van der Waals surface area contributed by atoms with Crippen LogP contribution in [0.25, 0.3) is 0 Å². The van der Waals surface area contributed by atoms with Crippen LogP contribution < -0.4 is 4.90 Å². The van der Waals surface area contributed by atoms with Gasteiger partial charge in [0.2, 0.25) is 5.91 Å². The van der Waals surface area contributed by atoms with Crippen molar-refractivity contribution in [2.45, 2.75) is 45.7 Å². The number of carbonyl (C=O) groups excluding carboxylic acids is 1. The second kappa shape index (κ2) is 7.20. The van der Waals surface area contributed by atoms with Crippen LogP contribution in [0.1, 0.15) is 38.8 Å². The van der Waals surface area contributed by atoms with Crippen LogP contribution in [0.2, 0.25) is 0 Å². The van der Waals surface area contributed by atoms with Gasteiger partial charge in [-0.1, -0.05) is 45.0 Å². The number of anilines is 1. The second-order valence-electron chi connectivity index (χ2n) is 8.06. The van der Waals surface area contributed by atoms with Crippen LogP contribution in [-0.4, -0.2) is 29.9 Å².